The first-order valence-electron chi connectivity index (χ1n) is 3.70. The van der Waals surface area contributed by atoms with Crippen molar-refractivity contribution in [2.45, 2.75) is 12.5 Å². The van der Waals surface area contributed by atoms with Gasteiger partial charge in [-0.25, -0.2) is 0 Å². The van der Waals surface area contributed by atoms with Gasteiger partial charge in [-0.3, -0.25) is 0 Å². The molecule has 0 radical (unpaired) electrons. The number of methoxy groups -OCH3 is 2. The molecule has 1 aliphatic carbocycles. The van der Waals surface area contributed by atoms with Crippen molar-refractivity contribution in [3.8, 4) is 6.07 Å². The Balaban J connectivity index is 2.83. The molecule has 0 saturated heterocycles. The van der Waals surface area contributed by atoms with Gasteiger partial charge < -0.3 is 9.47 Å². The van der Waals surface area contributed by atoms with Gasteiger partial charge in [0.25, 0.3) is 0 Å². The predicted molar refractivity (Wildman–Crippen MR) is 44.2 cm³/mol. The Bertz CT molecular complexity index is 260. The normalized spacial score (nSPS) is 22.2. The molecule has 0 N–H and O–H groups in total. The molecule has 0 amide bonds. The molecule has 1 rings (SSSR count). The summed E-state index contributed by atoms with van der Waals surface area (Å²) in [6.07, 6.45) is 4.19. The van der Waals surface area contributed by atoms with Gasteiger partial charge in [0, 0.05) is 7.11 Å². The first-order valence-corrected chi connectivity index (χ1v) is 3.70. The zero-order valence-electron chi connectivity index (χ0n) is 7.20. The van der Waals surface area contributed by atoms with Crippen LogP contribution in [0.25, 0.3) is 0 Å². The Morgan fingerprint density at radius 3 is 2.75 bits per heavy atom. The summed E-state index contributed by atoms with van der Waals surface area (Å²) in [6.45, 7) is 0. The number of allylic oxidation sites excluding steroid dienone is 2. The summed E-state index contributed by atoms with van der Waals surface area (Å²) in [6, 6.07) is 2.08. The number of ether oxygens (including phenoxy) is 2. The van der Waals surface area contributed by atoms with Crippen LogP contribution >= 0.6 is 0 Å². The van der Waals surface area contributed by atoms with E-state index >= 15 is 0 Å². The molecule has 1 unspecified atom stereocenters. The highest BCUT2D eigenvalue weighted by Gasteiger charge is 2.21. The SMILES string of the molecule is COC1=CCC=C(C#N)C1OC. The van der Waals surface area contributed by atoms with Crippen LogP contribution in [-0.2, 0) is 9.47 Å². The summed E-state index contributed by atoms with van der Waals surface area (Å²) < 4.78 is 10.2. The van der Waals surface area contributed by atoms with E-state index in [0.29, 0.717) is 5.57 Å². The largest absolute Gasteiger partial charge is 0.498 e. The van der Waals surface area contributed by atoms with Crippen LogP contribution in [0, 0.1) is 11.3 Å². The summed E-state index contributed by atoms with van der Waals surface area (Å²) in [4.78, 5) is 0. The van der Waals surface area contributed by atoms with Gasteiger partial charge in [-0.2, -0.15) is 5.26 Å². The zero-order chi connectivity index (χ0) is 8.97. The zero-order valence-corrected chi connectivity index (χ0v) is 7.20. The molecule has 0 bridgehead atoms. The Labute approximate surface area is 71.9 Å². The summed E-state index contributed by atoms with van der Waals surface area (Å²) in [5.74, 6) is 0.719. The number of hydrogen-bond donors (Lipinski definition) is 0. The highest BCUT2D eigenvalue weighted by molar-refractivity contribution is 5.35. The molecule has 64 valence electrons. The van der Waals surface area contributed by atoms with Crippen molar-refractivity contribution >= 4 is 0 Å². The summed E-state index contributed by atoms with van der Waals surface area (Å²) in [5, 5.41) is 8.72. The Morgan fingerprint density at radius 2 is 2.25 bits per heavy atom. The van der Waals surface area contributed by atoms with Crippen molar-refractivity contribution in [2.75, 3.05) is 14.2 Å². The maximum absolute atomic E-state index is 8.72. The summed E-state index contributed by atoms with van der Waals surface area (Å²) in [7, 11) is 3.15. The van der Waals surface area contributed by atoms with Gasteiger partial charge in [0.2, 0.25) is 0 Å². The summed E-state index contributed by atoms with van der Waals surface area (Å²) in [5.41, 5.74) is 0.622. The minimum atomic E-state index is -0.311. The molecule has 0 aromatic rings. The fraction of sp³-hybridized carbons (Fsp3) is 0.444. The highest BCUT2D eigenvalue weighted by atomic mass is 16.5. The molecule has 0 aliphatic heterocycles. The lowest BCUT2D eigenvalue weighted by Gasteiger charge is -2.19. The molecule has 1 atom stereocenters. The van der Waals surface area contributed by atoms with Crippen LogP contribution < -0.4 is 0 Å². The Hall–Kier alpha value is -1.27. The lowest BCUT2D eigenvalue weighted by Crippen LogP contribution is -2.19. The smallest absolute Gasteiger partial charge is 0.148 e. The number of hydrogen-bond acceptors (Lipinski definition) is 3. The van der Waals surface area contributed by atoms with Crippen LogP contribution in [0.2, 0.25) is 0 Å². The van der Waals surface area contributed by atoms with E-state index in [9.17, 15) is 0 Å². The third-order valence-electron chi connectivity index (χ3n) is 1.80. The average molecular weight is 165 g/mol. The fourth-order valence-corrected chi connectivity index (χ4v) is 1.21. The van der Waals surface area contributed by atoms with E-state index in [1.54, 1.807) is 14.2 Å². The Kier molecular flexibility index (Phi) is 2.89. The lowest BCUT2D eigenvalue weighted by atomic mass is 10.0. The third kappa shape index (κ3) is 1.49. The topological polar surface area (TPSA) is 42.2 Å². The van der Waals surface area contributed by atoms with Crippen molar-refractivity contribution in [3.63, 3.8) is 0 Å². The molecule has 3 heteroatoms. The van der Waals surface area contributed by atoms with Crippen molar-refractivity contribution in [1.82, 2.24) is 0 Å². The van der Waals surface area contributed by atoms with Crippen molar-refractivity contribution in [2.24, 2.45) is 0 Å². The molecule has 12 heavy (non-hydrogen) atoms. The van der Waals surface area contributed by atoms with E-state index < -0.39 is 0 Å². The molecule has 0 aromatic heterocycles. The molecule has 0 fully saturated rings. The number of rotatable bonds is 2. The maximum atomic E-state index is 8.72. The minimum absolute atomic E-state index is 0.311. The second kappa shape index (κ2) is 3.93. The molecular formula is C9H11NO2. The lowest BCUT2D eigenvalue weighted by molar-refractivity contribution is 0.103. The van der Waals surface area contributed by atoms with Gasteiger partial charge in [-0.15, -0.1) is 0 Å². The van der Waals surface area contributed by atoms with E-state index in [-0.39, 0.29) is 6.10 Å². The van der Waals surface area contributed by atoms with Crippen LogP contribution in [-0.4, -0.2) is 20.3 Å². The second-order valence-corrected chi connectivity index (χ2v) is 2.43. The molecule has 0 spiro atoms. The first-order chi connectivity index (χ1) is 5.83. The van der Waals surface area contributed by atoms with Crippen LogP contribution in [0.4, 0.5) is 0 Å². The van der Waals surface area contributed by atoms with Crippen LogP contribution in [0.5, 0.6) is 0 Å². The van der Waals surface area contributed by atoms with E-state index in [2.05, 4.69) is 6.07 Å². The quantitative estimate of drug-likeness (QED) is 0.620. The van der Waals surface area contributed by atoms with Crippen LogP contribution in [0.15, 0.2) is 23.5 Å². The minimum Gasteiger partial charge on any atom is -0.498 e. The molecular weight excluding hydrogens is 154 g/mol. The van der Waals surface area contributed by atoms with E-state index in [4.69, 9.17) is 14.7 Å². The van der Waals surface area contributed by atoms with Gasteiger partial charge in [0.15, 0.2) is 0 Å². The molecule has 3 nitrogen and oxygen atoms in total. The van der Waals surface area contributed by atoms with Crippen LogP contribution in [0.1, 0.15) is 6.42 Å². The molecule has 0 heterocycles. The van der Waals surface area contributed by atoms with Gasteiger partial charge in [0.1, 0.15) is 11.9 Å². The predicted octanol–water partition coefficient (Wildman–Crippen LogP) is 1.39. The molecule has 1 aliphatic rings. The van der Waals surface area contributed by atoms with Gasteiger partial charge in [0.05, 0.1) is 18.8 Å². The fourth-order valence-electron chi connectivity index (χ4n) is 1.21. The van der Waals surface area contributed by atoms with Crippen molar-refractivity contribution in [3.05, 3.63) is 23.5 Å². The van der Waals surface area contributed by atoms with Gasteiger partial charge in [-0.1, -0.05) is 6.08 Å². The highest BCUT2D eigenvalue weighted by Crippen LogP contribution is 2.21. The standard InChI is InChI=1S/C9H11NO2/c1-11-8-5-3-4-7(6-10)9(8)12-2/h4-5,9H,3H2,1-2H3. The second-order valence-electron chi connectivity index (χ2n) is 2.43. The summed E-state index contributed by atoms with van der Waals surface area (Å²) >= 11 is 0. The van der Waals surface area contributed by atoms with Gasteiger partial charge in [-0.05, 0) is 12.5 Å². The monoisotopic (exact) mass is 165 g/mol. The number of nitriles is 1. The third-order valence-corrected chi connectivity index (χ3v) is 1.80. The molecule has 0 saturated carbocycles. The van der Waals surface area contributed by atoms with Gasteiger partial charge >= 0.3 is 0 Å². The van der Waals surface area contributed by atoms with E-state index in [1.165, 1.54) is 0 Å². The van der Waals surface area contributed by atoms with E-state index in [1.807, 2.05) is 12.2 Å². The maximum Gasteiger partial charge on any atom is 0.148 e. The van der Waals surface area contributed by atoms with Crippen LogP contribution in [0.3, 0.4) is 0 Å². The average Bonchev–Trinajstić information content (AvgIpc) is 2.16. The first kappa shape index (κ1) is 8.82. The van der Waals surface area contributed by atoms with Crippen molar-refractivity contribution in [1.29, 1.82) is 5.26 Å². The molecule has 0 aromatic carbocycles. The Morgan fingerprint density at radius 1 is 1.50 bits per heavy atom. The van der Waals surface area contributed by atoms with E-state index in [0.717, 1.165) is 12.2 Å². The number of nitrogens with zero attached hydrogens (tertiary/aromatic N) is 1. The van der Waals surface area contributed by atoms with Crippen molar-refractivity contribution < 1.29 is 9.47 Å².